The third kappa shape index (κ3) is 5.98. The quantitative estimate of drug-likeness (QED) is 0.598. The number of carbonyl (C=O) groups is 1. The van der Waals surface area contributed by atoms with Crippen LogP contribution in [0.15, 0.2) is 47.4 Å². The summed E-state index contributed by atoms with van der Waals surface area (Å²) in [6, 6.07) is 12.1. The zero-order valence-electron chi connectivity index (χ0n) is 18.1. The fraction of sp³-hybridized carbons (Fsp3) is 0.435. The molecule has 1 aliphatic heterocycles. The van der Waals surface area contributed by atoms with E-state index in [9.17, 15) is 13.2 Å². The van der Waals surface area contributed by atoms with Crippen LogP contribution in [-0.2, 0) is 16.4 Å². The van der Waals surface area contributed by atoms with E-state index in [0.717, 1.165) is 37.0 Å². The van der Waals surface area contributed by atoms with Crippen LogP contribution >= 0.6 is 0 Å². The molecule has 0 aromatic heterocycles. The van der Waals surface area contributed by atoms with Gasteiger partial charge in [-0.1, -0.05) is 12.1 Å². The number of rotatable bonds is 9. The molecule has 1 aliphatic rings. The number of benzene rings is 2. The number of aryl methyl sites for hydroxylation is 1. The van der Waals surface area contributed by atoms with Crippen molar-refractivity contribution in [2.75, 3.05) is 33.9 Å². The number of methoxy groups -OCH3 is 2. The summed E-state index contributed by atoms with van der Waals surface area (Å²) in [7, 11) is -0.634. The molecule has 0 radical (unpaired) electrons. The average molecular weight is 447 g/mol. The van der Waals surface area contributed by atoms with Crippen LogP contribution < -0.4 is 14.2 Å². The summed E-state index contributed by atoms with van der Waals surface area (Å²) in [5.74, 6) is 0.987. The maximum Gasteiger partial charge on any atom is 0.257 e. The zero-order valence-corrected chi connectivity index (χ0v) is 18.9. The first-order valence-electron chi connectivity index (χ1n) is 10.5. The molecule has 168 valence electrons. The second-order valence-electron chi connectivity index (χ2n) is 7.56. The van der Waals surface area contributed by atoms with Crippen molar-refractivity contribution >= 4 is 15.9 Å². The first kappa shape index (κ1) is 23.1. The molecule has 0 bridgehead atoms. The fourth-order valence-corrected chi connectivity index (χ4v) is 4.76. The number of nitrogens with one attached hydrogen (secondary N) is 1. The van der Waals surface area contributed by atoms with E-state index in [-0.39, 0.29) is 16.4 Å². The van der Waals surface area contributed by atoms with Crippen LogP contribution in [-0.4, -0.2) is 53.1 Å². The molecule has 1 saturated heterocycles. The lowest BCUT2D eigenvalue weighted by Gasteiger charge is -2.27. The highest BCUT2D eigenvalue weighted by molar-refractivity contribution is 7.89. The Morgan fingerprint density at radius 1 is 1.00 bits per heavy atom. The average Bonchev–Trinajstić information content (AvgIpc) is 2.82. The molecule has 0 saturated carbocycles. The van der Waals surface area contributed by atoms with Crippen LogP contribution in [0.4, 0.5) is 0 Å². The van der Waals surface area contributed by atoms with Crippen LogP contribution in [0.3, 0.4) is 0 Å². The fourth-order valence-electron chi connectivity index (χ4n) is 3.66. The predicted octanol–water partition coefficient (Wildman–Crippen LogP) is 3.24. The highest BCUT2D eigenvalue weighted by atomic mass is 32.2. The molecule has 1 heterocycles. The summed E-state index contributed by atoms with van der Waals surface area (Å²) in [5.41, 5.74) is 1.39. The number of amides is 1. The summed E-state index contributed by atoms with van der Waals surface area (Å²) in [6.45, 7) is 1.67. The molecule has 8 heteroatoms. The molecule has 2 aromatic carbocycles. The van der Waals surface area contributed by atoms with Gasteiger partial charge in [0, 0.05) is 19.6 Å². The van der Waals surface area contributed by atoms with Gasteiger partial charge in [-0.3, -0.25) is 4.79 Å². The van der Waals surface area contributed by atoms with E-state index in [4.69, 9.17) is 9.47 Å². The van der Waals surface area contributed by atoms with Gasteiger partial charge >= 0.3 is 0 Å². The number of likely N-dealkylation sites (tertiary alicyclic amines) is 1. The first-order valence-corrected chi connectivity index (χ1v) is 12.0. The topological polar surface area (TPSA) is 84.9 Å². The van der Waals surface area contributed by atoms with Gasteiger partial charge in [-0.05, 0) is 68.0 Å². The van der Waals surface area contributed by atoms with Gasteiger partial charge in [-0.2, -0.15) is 0 Å². The Bertz CT molecular complexity index is 984. The summed E-state index contributed by atoms with van der Waals surface area (Å²) in [4.78, 5) is 14.8. The van der Waals surface area contributed by atoms with Crippen LogP contribution in [0.25, 0.3) is 0 Å². The molecule has 0 spiro atoms. The third-order valence-electron chi connectivity index (χ3n) is 5.45. The zero-order chi connectivity index (χ0) is 22.3. The maximum atomic E-state index is 12.9. The van der Waals surface area contributed by atoms with Crippen LogP contribution in [0.5, 0.6) is 11.5 Å². The van der Waals surface area contributed by atoms with Crippen molar-refractivity contribution in [3.63, 3.8) is 0 Å². The molecule has 3 rings (SSSR count). The van der Waals surface area contributed by atoms with E-state index in [1.807, 2.05) is 24.3 Å². The van der Waals surface area contributed by atoms with E-state index >= 15 is 0 Å². The van der Waals surface area contributed by atoms with Gasteiger partial charge in [0.25, 0.3) is 5.91 Å². The second-order valence-corrected chi connectivity index (χ2v) is 9.33. The van der Waals surface area contributed by atoms with Crippen molar-refractivity contribution in [3.8, 4) is 11.5 Å². The van der Waals surface area contributed by atoms with Crippen molar-refractivity contribution in [2.45, 2.75) is 37.0 Å². The SMILES string of the molecule is COc1ccc(CCCNS(=O)(=O)c2ccc(OC)c(C(=O)N3CCCCC3)c2)cc1. The van der Waals surface area contributed by atoms with Crippen molar-refractivity contribution in [3.05, 3.63) is 53.6 Å². The highest BCUT2D eigenvalue weighted by Gasteiger charge is 2.24. The minimum atomic E-state index is -3.73. The molecule has 7 nitrogen and oxygen atoms in total. The van der Waals surface area contributed by atoms with Gasteiger partial charge in [-0.15, -0.1) is 0 Å². The minimum Gasteiger partial charge on any atom is -0.497 e. The number of nitrogens with zero attached hydrogens (tertiary/aromatic N) is 1. The molecule has 0 aliphatic carbocycles. The van der Waals surface area contributed by atoms with Crippen molar-refractivity contribution in [2.24, 2.45) is 0 Å². The predicted molar refractivity (Wildman–Crippen MR) is 119 cm³/mol. The van der Waals surface area contributed by atoms with Crippen LogP contribution in [0.1, 0.15) is 41.6 Å². The second kappa shape index (κ2) is 10.6. The molecular formula is C23H30N2O5S. The van der Waals surface area contributed by atoms with E-state index in [1.165, 1.54) is 19.2 Å². The van der Waals surface area contributed by atoms with Gasteiger partial charge in [0.1, 0.15) is 11.5 Å². The molecule has 0 unspecified atom stereocenters. The van der Waals surface area contributed by atoms with Crippen molar-refractivity contribution in [1.29, 1.82) is 0 Å². The Hall–Kier alpha value is -2.58. The number of ether oxygens (including phenoxy) is 2. The Kier molecular flexibility index (Phi) is 7.92. The van der Waals surface area contributed by atoms with E-state index in [2.05, 4.69) is 4.72 Å². The van der Waals surface area contributed by atoms with Gasteiger partial charge in [0.15, 0.2) is 0 Å². The number of hydrogen-bond acceptors (Lipinski definition) is 5. The summed E-state index contributed by atoms with van der Waals surface area (Å²) in [5, 5.41) is 0. The largest absolute Gasteiger partial charge is 0.497 e. The van der Waals surface area contributed by atoms with Gasteiger partial charge in [0.05, 0.1) is 24.7 Å². The normalized spacial score (nSPS) is 14.3. The van der Waals surface area contributed by atoms with Gasteiger partial charge in [0.2, 0.25) is 10.0 Å². The minimum absolute atomic E-state index is 0.0677. The highest BCUT2D eigenvalue weighted by Crippen LogP contribution is 2.25. The van der Waals surface area contributed by atoms with E-state index in [1.54, 1.807) is 18.1 Å². The molecule has 0 atom stereocenters. The molecule has 31 heavy (non-hydrogen) atoms. The lowest BCUT2D eigenvalue weighted by atomic mass is 10.1. The molecule has 1 amide bonds. The number of carbonyl (C=O) groups excluding carboxylic acids is 1. The Morgan fingerprint density at radius 2 is 1.71 bits per heavy atom. The number of piperidine rings is 1. The number of hydrogen-bond donors (Lipinski definition) is 1. The molecule has 1 fully saturated rings. The molecular weight excluding hydrogens is 416 g/mol. The van der Waals surface area contributed by atoms with Crippen LogP contribution in [0, 0.1) is 0 Å². The van der Waals surface area contributed by atoms with Gasteiger partial charge < -0.3 is 14.4 Å². The van der Waals surface area contributed by atoms with Crippen LogP contribution in [0.2, 0.25) is 0 Å². The Morgan fingerprint density at radius 3 is 2.35 bits per heavy atom. The monoisotopic (exact) mass is 446 g/mol. The maximum absolute atomic E-state index is 12.9. The van der Waals surface area contributed by atoms with Crippen molar-refractivity contribution in [1.82, 2.24) is 9.62 Å². The molecule has 2 aromatic rings. The van der Waals surface area contributed by atoms with E-state index < -0.39 is 10.0 Å². The Labute approximate surface area is 184 Å². The van der Waals surface area contributed by atoms with E-state index in [0.29, 0.717) is 31.8 Å². The summed E-state index contributed by atoms with van der Waals surface area (Å²) >= 11 is 0. The lowest BCUT2D eigenvalue weighted by Crippen LogP contribution is -2.36. The third-order valence-corrected chi connectivity index (χ3v) is 6.91. The lowest BCUT2D eigenvalue weighted by molar-refractivity contribution is 0.0720. The van der Waals surface area contributed by atoms with Gasteiger partial charge in [-0.25, -0.2) is 13.1 Å². The van der Waals surface area contributed by atoms with Crippen molar-refractivity contribution < 1.29 is 22.7 Å². The number of sulfonamides is 1. The molecule has 1 N–H and O–H groups in total. The summed E-state index contributed by atoms with van der Waals surface area (Å²) in [6.07, 6.45) is 4.43. The Balaban J connectivity index is 1.64. The first-order chi connectivity index (χ1) is 14.9. The standard InChI is InChI=1S/C23H30N2O5S/c1-29-19-10-8-18(9-11-19)7-6-14-24-31(27,28)20-12-13-22(30-2)21(17-20)23(26)25-15-4-3-5-16-25/h8-13,17,24H,3-7,14-16H2,1-2H3. The smallest absolute Gasteiger partial charge is 0.257 e. The summed E-state index contributed by atoms with van der Waals surface area (Å²) < 4.78 is 38.7.